The number of rotatable bonds is 3. The normalized spacial score (nSPS) is 19.1. The van der Waals surface area contributed by atoms with Crippen molar-refractivity contribution in [2.24, 2.45) is 0 Å². The Hall–Kier alpha value is -2.10. The van der Waals surface area contributed by atoms with Crippen LogP contribution in [0.5, 0.6) is 0 Å². The van der Waals surface area contributed by atoms with E-state index in [1.807, 2.05) is 30.3 Å². The smallest absolute Gasteiger partial charge is 0.410 e. The van der Waals surface area contributed by atoms with Gasteiger partial charge in [-0.25, -0.2) is 4.79 Å². The molecule has 1 saturated heterocycles. The molecule has 0 radical (unpaired) electrons. The Morgan fingerprint density at radius 2 is 2.16 bits per heavy atom. The van der Waals surface area contributed by atoms with Gasteiger partial charge < -0.3 is 9.64 Å². The fraction of sp³-hybridized carbons (Fsp3) is 0.333. The van der Waals surface area contributed by atoms with Crippen LogP contribution < -0.4 is 0 Å². The maximum Gasteiger partial charge on any atom is 0.410 e. The van der Waals surface area contributed by atoms with Gasteiger partial charge >= 0.3 is 6.09 Å². The number of likely N-dealkylation sites (tertiary alicyclic amines) is 1. The summed E-state index contributed by atoms with van der Waals surface area (Å²) in [7, 11) is 0. The van der Waals surface area contributed by atoms with Crippen molar-refractivity contribution in [1.29, 1.82) is 0 Å². The zero-order valence-electron chi connectivity index (χ0n) is 10.7. The molecule has 1 aliphatic heterocycles. The molecule has 19 heavy (non-hydrogen) atoms. The third-order valence-electron chi connectivity index (χ3n) is 3.17. The van der Waals surface area contributed by atoms with Crippen LogP contribution in [0.1, 0.15) is 24.4 Å². The number of carbonyl (C=O) groups is 2. The van der Waals surface area contributed by atoms with Crippen LogP contribution in [0.2, 0.25) is 0 Å². The molecular weight excluding hydrogens is 242 g/mol. The minimum Gasteiger partial charge on any atom is -0.445 e. The van der Waals surface area contributed by atoms with E-state index < -0.39 is 0 Å². The lowest BCUT2D eigenvalue weighted by molar-refractivity contribution is -0.122. The van der Waals surface area contributed by atoms with E-state index in [-0.39, 0.29) is 24.5 Å². The molecule has 1 amide bonds. The molecule has 4 nitrogen and oxygen atoms in total. The monoisotopic (exact) mass is 259 g/mol. The van der Waals surface area contributed by atoms with Crippen molar-refractivity contribution >= 4 is 11.9 Å². The summed E-state index contributed by atoms with van der Waals surface area (Å²) in [6.45, 7) is 4.11. The molecule has 0 aliphatic carbocycles. The fourth-order valence-corrected chi connectivity index (χ4v) is 2.23. The Morgan fingerprint density at radius 3 is 2.84 bits per heavy atom. The Kier molecular flexibility index (Phi) is 4.34. The summed E-state index contributed by atoms with van der Waals surface area (Å²) in [5.41, 5.74) is 0.964. The SMILES string of the molecule is C=CCOC(=O)N1CCC(=O)C[C@H]1c1ccccc1. The van der Waals surface area contributed by atoms with E-state index in [4.69, 9.17) is 4.74 Å². The molecule has 1 heterocycles. The molecule has 1 aromatic carbocycles. The van der Waals surface area contributed by atoms with Crippen molar-refractivity contribution < 1.29 is 14.3 Å². The maximum absolute atomic E-state index is 12.0. The van der Waals surface area contributed by atoms with Crippen molar-refractivity contribution in [3.05, 3.63) is 48.6 Å². The highest BCUT2D eigenvalue weighted by Gasteiger charge is 2.32. The van der Waals surface area contributed by atoms with Crippen LogP contribution in [0.4, 0.5) is 4.79 Å². The van der Waals surface area contributed by atoms with Gasteiger partial charge in [-0.3, -0.25) is 4.79 Å². The van der Waals surface area contributed by atoms with Crippen molar-refractivity contribution in [2.75, 3.05) is 13.2 Å². The van der Waals surface area contributed by atoms with E-state index in [2.05, 4.69) is 6.58 Å². The molecule has 1 aromatic rings. The average molecular weight is 259 g/mol. The first kappa shape index (κ1) is 13.3. The van der Waals surface area contributed by atoms with Gasteiger partial charge in [0.2, 0.25) is 0 Å². The molecule has 100 valence electrons. The van der Waals surface area contributed by atoms with E-state index in [0.29, 0.717) is 19.4 Å². The number of piperidine rings is 1. The first-order valence-corrected chi connectivity index (χ1v) is 6.33. The van der Waals surface area contributed by atoms with Gasteiger partial charge in [0.15, 0.2) is 0 Å². The molecule has 0 N–H and O–H groups in total. The molecule has 0 aromatic heterocycles. The Labute approximate surface area is 112 Å². The molecule has 1 atom stereocenters. The summed E-state index contributed by atoms with van der Waals surface area (Å²) in [5, 5.41) is 0. The fourth-order valence-electron chi connectivity index (χ4n) is 2.23. The largest absolute Gasteiger partial charge is 0.445 e. The van der Waals surface area contributed by atoms with Gasteiger partial charge in [-0.1, -0.05) is 43.0 Å². The lowest BCUT2D eigenvalue weighted by Gasteiger charge is -2.34. The second kappa shape index (κ2) is 6.18. The number of ether oxygens (including phenoxy) is 1. The molecule has 4 heteroatoms. The van der Waals surface area contributed by atoms with Crippen molar-refractivity contribution in [2.45, 2.75) is 18.9 Å². The third-order valence-corrected chi connectivity index (χ3v) is 3.17. The molecular formula is C15H17NO3. The predicted molar refractivity (Wildman–Crippen MR) is 71.7 cm³/mol. The number of hydrogen-bond donors (Lipinski definition) is 0. The molecule has 0 saturated carbocycles. The molecule has 0 unspecified atom stereocenters. The highest BCUT2D eigenvalue weighted by Crippen LogP contribution is 2.29. The topological polar surface area (TPSA) is 46.6 Å². The van der Waals surface area contributed by atoms with E-state index in [1.165, 1.54) is 6.08 Å². The second-order valence-electron chi connectivity index (χ2n) is 4.48. The molecule has 1 aliphatic rings. The molecule has 0 bridgehead atoms. The number of benzene rings is 1. The minimum atomic E-state index is -0.388. The number of amides is 1. The average Bonchev–Trinajstić information content (AvgIpc) is 2.45. The molecule has 1 fully saturated rings. The van der Waals surface area contributed by atoms with Crippen molar-refractivity contribution in [3.8, 4) is 0 Å². The van der Waals surface area contributed by atoms with Crippen LogP contribution in [0.25, 0.3) is 0 Å². The van der Waals surface area contributed by atoms with Gasteiger partial charge in [-0.2, -0.15) is 0 Å². The Balaban J connectivity index is 2.17. The van der Waals surface area contributed by atoms with Crippen LogP contribution in [0.3, 0.4) is 0 Å². The number of Topliss-reactive ketones (excluding diaryl/α,β-unsaturated/α-hetero) is 1. The standard InChI is InChI=1S/C15H17NO3/c1-2-10-19-15(18)16-9-8-13(17)11-14(16)12-6-4-3-5-7-12/h2-7,14H,1,8-11H2/t14-/m0/s1. The van der Waals surface area contributed by atoms with E-state index in [0.717, 1.165) is 5.56 Å². The van der Waals surface area contributed by atoms with Crippen LogP contribution in [0.15, 0.2) is 43.0 Å². The highest BCUT2D eigenvalue weighted by atomic mass is 16.6. The van der Waals surface area contributed by atoms with E-state index >= 15 is 0 Å². The van der Waals surface area contributed by atoms with Gasteiger partial charge in [0.1, 0.15) is 12.4 Å². The van der Waals surface area contributed by atoms with Gasteiger partial charge in [0.05, 0.1) is 6.04 Å². The van der Waals surface area contributed by atoms with Gasteiger partial charge in [-0.15, -0.1) is 0 Å². The Morgan fingerprint density at radius 1 is 1.42 bits per heavy atom. The third kappa shape index (κ3) is 3.22. The summed E-state index contributed by atoms with van der Waals surface area (Å²) < 4.78 is 5.08. The number of nitrogens with zero attached hydrogens (tertiary/aromatic N) is 1. The Bertz CT molecular complexity index is 470. The molecule has 0 spiro atoms. The van der Waals surface area contributed by atoms with Gasteiger partial charge in [-0.05, 0) is 5.56 Å². The number of hydrogen-bond acceptors (Lipinski definition) is 3. The number of carbonyl (C=O) groups excluding carboxylic acids is 2. The first-order chi connectivity index (χ1) is 9.22. The number of ketones is 1. The first-order valence-electron chi connectivity index (χ1n) is 6.33. The second-order valence-corrected chi connectivity index (χ2v) is 4.48. The summed E-state index contributed by atoms with van der Waals surface area (Å²) in [6.07, 6.45) is 1.89. The van der Waals surface area contributed by atoms with Crippen LogP contribution in [0, 0.1) is 0 Å². The minimum absolute atomic E-state index is 0.182. The predicted octanol–water partition coefficient (Wildman–Crippen LogP) is 2.72. The summed E-state index contributed by atoms with van der Waals surface area (Å²) in [6, 6.07) is 9.35. The summed E-state index contributed by atoms with van der Waals surface area (Å²) >= 11 is 0. The van der Waals surface area contributed by atoms with E-state index in [1.54, 1.807) is 4.90 Å². The van der Waals surface area contributed by atoms with E-state index in [9.17, 15) is 9.59 Å². The highest BCUT2D eigenvalue weighted by molar-refractivity contribution is 5.82. The van der Waals surface area contributed by atoms with Crippen molar-refractivity contribution in [3.63, 3.8) is 0 Å². The summed E-state index contributed by atoms with van der Waals surface area (Å²) in [4.78, 5) is 25.3. The zero-order valence-corrected chi connectivity index (χ0v) is 10.7. The lowest BCUT2D eigenvalue weighted by Crippen LogP contribution is -2.41. The van der Waals surface area contributed by atoms with Crippen molar-refractivity contribution in [1.82, 2.24) is 4.90 Å². The van der Waals surface area contributed by atoms with Gasteiger partial charge in [0, 0.05) is 19.4 Å². The van der Waals surface area contributed by atoms with Crippen LogP contribution in [-0.2, 0) is 9.53 Å². The zero-order chi connectivity index (χ0) is 13.7. The van der Waals surface area contributed by atoms with Crippen LogP contribution in [-0.4, -0.2) is 29.9 Å². The van der Waals surface area contributed by atoms with Crippen LogP contribution >= 0.6 is 0 Å². The van der Waals surface area contributed by atoms with Gasteiger partial charge in [0.25, 0.3) is 0 Å². The summed E-state index contributed by atoms with van der Waals surface area (Å²) in [5.74, 6) is 0.182. The molecule has 2 rings (SSSR count). The lowest BCUT2D eigenvalue weighted by atomic mass is 9.95. The maximum atomic E-state index is 12.0. The quantitative estimate of drug-likeness (QED) is 0.784.